The number of ether oxygens (including phenoxy) is 3. The minimum atomic E-state index is -2.91. The maximum Gasteiger partial charge on any atom is 0.516 e. The standard InChI is InChI=1S/C30H39NO7Si/c1-7-22-19-20-23(31(28(33)35-6)26(22)27(32)38-29(34)36-8-2)21-37-39(30(3,4)5,24-15-11-9-12-16-24)25-17-13-10-14-18-25/h7,9-18,22-23,26H,1,8,19-21H2,2-6H3/t22-,23+,26-/m1/s1. The first-order valence-corrected chi connectivity index (χ1v) is 15.1. The molecule has 0 bridgehead atoms. The van der Waals surface area contributed by atoms with E-state index in [1.165, 1.54) is 12.0 Å². The third-order valence-electron chi connectivity index (χ3n) is 7.22. The quantitative estimate of drug-likeness (QED) is 0.203. The lowest BCUT2D eigenvalue weighted by Gasteiger charge is -2.47. The molecule has 1 saturated heterocycles. The van der Waals surface area contributed by atoms with Gasteiger partial charge in [-0.15, -0.1) is 6.58 Å². The zero-order valence-corrected chi connectivity index (χ0v) is 24.4. The van der Waals surface area contributed by atoms with Gasteiger partial charge in [0.2, 0.25) is 0 Å². The summed E-state index contributed by atoms with van der Waals surface area (Å²) in [5.74, 6) is -1.32. The minimum Gasteiger partial charge on any atom is -0.453 e. The van der Waals surface area contributed by atoms with Crippen molar-refractivity contribution in [3.8, 4) is 0 Å². The van der Waals surface area contributed by atoms with E-state index in [-0.39, 0.29) is 18.3 Å². The summed E-state index contributed by atoms with van der Waals surface area (Å²) in [5.41, 5.74) is 0. The Morgan fingerprint density at radius 3 is 2.03 bits per heavy atom. The Kier molecular flexibility index (Phi) is 10.1. The number of likely N-dealkylation sites (tertiary alicyclic amines) is 1. The van der Waals surface area contributed by atoms with E-state index in [0.29, 0.717) is 12.8 Å². The van der Waals surface area contributed by atoms with Crippen molar-refractivity contribution in [2.24, 2.45) is 5.92 Å². The number of benzene rings is 2. The summed E-state index contributed by atoms with van der Waals surface area (Å²) in [7, 11) is -1.65. The van der Waals surface area contributed by atoms with Gasteiger partial charge < -0.3 is 18.6 Å². The maximum absolute atomic E-state index is 13.2. The van der Waals surface area contributed by atoms with E-state index < -0.39 is 44.5 Å². The second-order valence-electron chi connectivity index (χ2n) is 10.5. The minimum absolute atomic E-state index is 0.0529. The summed E-state index contributed by atoms with van der Waals surface area (Å²) in [6.45, 7) is 12.2. The number of hydrogen-bond donors (Lipinski definition) is 0. The van der Waals surface area contributed by atoms with Gasteiger partial charge in [-0.05, 0) is 35.2 Å². The van der Waals surface area contributed by atoms with Crippen LogP contribution in [0.15, 0.2) is 73.3 Å². The number of piperidine rings is 1. The lowest BCUT2D eigenvalue weighted by atomic mass is 9.85. The lowest BCUT2D eigenvalue weighted by Crippen LogP contribution is -2.68. The Morgan fingerprint density at radius 2 is 1.56 bits per heavy atom. The number of methoxy groups -OCH3 is 1. The fourth-order valence-electron chi connectivity index (χ4n) is 5.45. The molecule has 0 saturated carbocycles. The largest absolute Gasteiger partial charge is 0.516 e. The van der Waals surface area contributed by atoms with Crippen molar-refractivity contribution in [2.45, 2.75) is 57.7 Å². The molecule has 9 heteroatoms. The average Bonchev–Trinajstić information content (AvgIpc) is 2.93. The van der Waals surface area contributed by atoms with Crippen molar-refractivity contribution in [3.63, 3.8) is 0 Å². The van der Waals surface area contributed by atoms with Crippen molar-refractivity contribution in [3.05, 3.63) is 73.3 Å². The van der Waals surface area contributed by atoms with Crippen molar-refractivity contribution in [2.75, 3.05) is 20.3 Å². The Bertz CT molecular complexity index is 1090. The topological polar surface area (TPSA) is 91.4 Å². The SMILES string of the molecule is C=C[C@@H]1CC[C@@H](CO[Si](c2ccccc2)(c2ccccc2)C(C)(C)C)N(C(=O)OC)[C@H]1C(=O)OC(=O)OCC. The lowest BCUT2D eigenvalue weighted by molar-refractivity contribution is -0.150. The highest BCUT2D eigenvalue weighted by Gasteiger charge is 2.52. The normalized spacial score (nSPS) is 19.6. The van der Waals surface area contributed by atoms with E-state index in [1.54, 1.807) is 13.0 Å². The molecule has 1 aliphatic rings. The van der Waals surface area contributed by atoms with Crippen LogP contribution in [0.2, 0.25) is 5.04 Å². The summed E-state index contributed by atoms with van der Waals surface area (Å²) in [6, 6.07) is 18.7. The number of amides is 1. The highest BCUT2D eigenvalue weighted by Crippen LogP contribution is 2.38. The van der Waals surface area contributed by atoms with Gasteiger partial charge in [0.1, 0.15) is 6.04 Å². The maximum atomic E-state index is 13.2. The van der Waals surface area contributed by atoms with Crippen LogP contribution in [0, 0.1) is 5.92 Å². The second kappa shape index (κ2) is 13.1. The molecular weight excluding hydrogens is 514 g/mol. The smallest absolute Gasteiger partial charge is 0.453 e. The van der Waals surface area contributed by atoms with Crippen LogP contribution in [0.4, 0.5) is 9.59 Å². The van der Waals surface area contributed by atoms with Gasteiger partial charge in [0.25, 0.3) is 8.32 Å². The van der Waals surface area contributed by atoms with Gasteiger partial charge in [-0.3, -0.25) is 4.90 Å². The number of carbonyl (C=O) groups is 3. The Balaban J connectivity index is 2.03. The molecular formula is C30H39NO7Si. The molecule has 0 aromatic heterocycles. The summed E-state index contributed by atoms with van der Waals surface area (Å²) in [5, 5.41) is 1.93. The van der Waals surface area contributed by atoms with Crippen LogP contribution in [0.5, 0.6) is 0 Å². The van der Waals surface area contributed by atoms with Gasteiger partial charge >= 0.3 is 18.2 Å². The highest BCUT2D eigenvalue weighted by molar-refractivity contribution is 6.99. The second-order valence-corrected chi connectivity index (χ2v) is 14.8. The predicted molar refractivity (Wildman–Crippen MR) is 151 cm³/mol. The molecule has 1 aliphatic heterocycles. The van der Waals surface area contributed by atoms with E-state index >= 15 is 0 Å². The molecule has 39 heavy (non-hydrogen) atoms. The Morgan fingerprint density at radius 1 is 1.00 bits per heavy atom. The van der Waals surface area contributed by atoms with Crippen molar-refractivity contribution >= 4 is 36.9 Å². The average molecular weight is 554 g/mol. The van der Waals surface area contributed by atoms with Crippen molar-refractivity contribution < 1.29 is 33.0 Å². The van der Waals surface area contributed by atoms with Crippen LogP contribution in [-0.4, -0.2) is 63.8 Å². The van der Waals surface area contributed by atoms with Crippen LogP contribution in [-0.2, 0) is 23.4 Å². The monoisotopic (exact) mass is 553 g/mol. The molecule has 8 nitrogen and oxygen atoms in total. The third-order valence-corrected chi connectivity index (χ3v) is 12.2. The van der Waals surface area contributed by atoms with Gasteiger partial charge in [-0.1, -0.05) is 87.5 Å². The van der Waals surface area contributed by atoms with Crippen LogP contribution in [0.1, 0.15) is 40.5 Å². The van der Waals surface area contributed by atoms with Crippen LogP contribution in [0.25, 0.3) is 0 Å². The molecule has 1 heterocycles. The Hall–Kier alpha value is -3.43. The van der Waals surface area contributed by atoms with Crippen molar-refractivity contribution in [1.29, 1.82) is 0 Å². The molecule has 1 amide bonds. The summed E-state index contributed by atoms with van der Waals surface area (Å²) in [4.78, 5) is 39.6. The van der Waals surface area contributed by atoms with Gasteiger partial charge in [-0.25, -0.2) is 14.4 Å². The van der Waals surface area contributed by atoms with Gasteiger partial charge in [0.15, 0.2) is 0 Å². The first kappa shape index (κ1) is 30.1. The summed E-state index contributed by atoms with van der Waals surface area (Å²) >= 11 is 0. The molecule has 0 spiro atoms. The van der Waals surface area contributed by atoms with E-state index in [0.717, 1.165) is 10.4 Å². The summed E-state index contributed by atoms with van der Waals surface area (Å²) in [6.07, 6.45) is 0.887. The number of rotatable bonds is 8. The number of carbonyl (C=O) groups excluding carboxylic acids is 3. The van der Waals surface area contributed by atoms with Crippen LogP contribution < -0.4 is 10.4 Å². The summed E-state index contributed by atoms with van der Waals surface area (Å²) < 4.78 is 21.9. The van der Waals surface area contributed by atoms with Crippen molar-refractivity contribution in [1.82, 2.24) is 4.90 Å². The van der Waals surface area contributed by atoms with E-state index in [4.69, 9.17) is 18.6 Å². The number of nitrogens with zero attached hydrogens (tertiary/aromatic N) is 1. The molecule has 3 atom stereocenters. The van der Waals surface area contributed by atoms with E-state index in [1.807, 2.05) is 36.4 Å². The molecule has 3 rings (SSSR count). The van der Waals surface area contributed by atoms with Gasteiger partial charge in [0, 0.05) is 5.92 Å². The molecule has 1 fully saturated rings. The molecule has 0 N–H and O–H groups in total. The fraction of sp³-hybridized carbons (Fsp3) is 0.433. The first-order chi connectivity index (χ1) is 18.6. The van der Waals surface area contributed by atoms with E-state index in [9.17, 15) is 14.4 Å². The van der Waals surface area contributed by atoms with Gasteiger partial charge in [-0.2, -0.15) is 0 Å². The first-order valence-electron chi connectivity index (χ1n) is 13.2. The van der Waals surface area contributed by atoms with E-state index in [2.05, 4.69) is 51.6 Å². The zero-order chi connectivity index (χ0) is 28.6. The third kappa shape index (κ3) is 6.42. The highest BCUT2D eigenvalue weighted by atomic mass is 28.4. The van der Waals surface area contributed by atoms with Crippen LogP contribution >= 0.6 is 0 Å². The number of esters is 1. The molecule has 0 unspecified atom stereocenters. The Labute approximate surface area is 232 Å². The molecule has 0 radical (unpaired) electrons. The zero-order valence-electron chi connectivity index (χ0n) is 23.4. The molecule has 0 aliphatic carbocycles. The van der Waals surface area contributed by atoms with Crippen LogP contribution in [0.3, 0.4) is 0 Å². The van der Waals surface area contributed by atoms with Gasteiger partial charge in [0.05, 0.1) is 26.4 Å². The fourth-order valence-corrected chi connectivity index (χ4v) is 10.1. The number of hydrogen-bond acceptors (Lipinski definition) is 7. The molecule has 2 aromatic rings. The predicted octanol–water partition coefficient (Wildman–Crippen LogP) is 4.66. The molecule has 210 valence electrons. The molecule has 2 aromatic carbocycles.